The van der Waals surface area contributed by atoms with E-state index < -0.39 is 0 Å². The zero-order valence-electron chi connectivity index (χ0n) is 11.9. The van der Waals surface area contributed by atoms with Crippen molar-refractivity contribution in [1.82, 2.24) is 9.55 Å². The molecule has 3 aromatic rings. The molecule has 0 bridgehead atoms. The highest BCUT2D eigenvalue weighted by molar-refractivity contribution is 7.71. The lowest BCUT2D eigenvalue weighted by Gasteiger charge is -2.07. The summed E-state index contributed by atoms with van der Waals surface area (Å²) in [6.45, 7) is 2.62. The van der Waals surface area contributed by atoms with Crippen LogP contribution in [0.5, 0.6) is 11.5 Å². The van der Waals surface area contributed by atoms with Crippen molar-refractivity contribution < 1.29 is 9.47 Å². The fourth-order valence-electron chi connectivity index (χ4n) is 2.32. The number of nitrogens with one attached hydrogen (secondary N) is 1. The summed E-state index contributed by atoms with van der Waals surface area (Å²) in [7, 11) is 1.66. The van der Waals surface area contributed by atoms with Gasteiger partial charge in [-0.25, -0.2) is 0 Å². The molecule has 2 aromatic carbocycles. The van der Waals surface area contributed by atoms with Crippen LogP contribution in [-0.4, -0.2) is 23.3 Å². The summed E-state index contributed by atoms with van der Waals surface area (Å²) in [6.07, 6.45) is 0. The Balaban J connectivity index is 2.14. The smallest absolute Gasteiger partial charge is 0.182 e. The Kier molecular flexibility index (Phi) is 3.66. The van der Waals surface area contributed by atoms with Gasteiger partial charge in [0.25, 0.3) is 0 Å². The van der Waals surface area contributed by atoms with Crippen LogP contribution in [0.1, 0.15) is 6.92 Å². The molecule has 0 aliphatic rings. The summed E-state index contributed by atoms with van der Waals surface area (Å²) in [5.41, 5.74) is 2.96. The van der Waals surface area contributed by atoms with Gasteiger partial charge in [0.1, 0.15) is 11.5 Å². The second kappa shape index (κ2) is 5.61. The monoisotopic (exact) mass is 300 g/mol. The number of ether oxygens (including phenoxy) is 2. The van der Waals surface area contributed by atoms with Crippen LogP contribution in [0.4, 0.5) is 0 Å². The molecule has 5 heteroatoms. The Morgan fingerprint density at radius 2 is 1.81 bits per heavy atom. The molecule has 108 valence electrons. The summed E-state index contributed by atoms with van der Waals surface area (Å²) < 4.78 is 13.4. The molecule has 21 heavy (non-hydrogen) atoms. The first kappa shape index (κ1) is 13.7. The predicted molar refractivity (Wildman–Crippen MR) is 86.2 cm³/mol. The Morgan fingerprint density at radius 3 is 2.48 bits per heavy atom. The summed E-state index contributed by atoms with van der Waals surface area (Å²) >= 11 is 5.43. The Labute approximate surface area is 127 Å². The van der Waals surface area contributed by atoms with Gasteiger partial charge in [-0.1, -0.05) is 0 Å². The number of hydrogen-bond donors (Lipinski definition) is 1. The lowest BCUT2D eigenvalue weighted by atomic mass is 10.2. The maximum absolute atomic E-state index is 5.47. The van der Waals surface area contributed by atoms with E-state index in [1.165, 1.54) is 0 Å². The first-order chi connectivity index (χ1) is 10.2. The molecule has 0 fully saturated rings. The average Bonchev–Trinajstić information content (AvgIpc) is 2.83. The highest BCUT2D eigenvalue weighted by Gasteiger charge is 2.08. The van der Waals surface area contributed by atoms with Crippen molar-refractivity contribution in [3.63, 3.8) is 0 Å². The maximum atomic E-state index is 5.47. The van der Waals surface area contributed by atoms with E-state index >= 15 is 0 Å². The number of aromatic amines is 1. The van der Waals surface area contributed by atoms with Crippen LogP contribution in [0.3, 0.4) is 0 Å². The summed E-state index contributed by atoms with van der Waals surface area (Å²) in [4.78, 5) is 3.21. The van der Waals surface area contributed by atoms with Crippen molar-refractivity contribution >= 4 is 23.3 Å². The minimum atomic E-state index is 0.655. The van der Waals surface area contributed by atoms with E-state index in [0.29, 0.717) is 11.4 Å². The fourth-order valence-corrected chi connectivity index (χ4v) is 2.64. The zero-order valence-corrected chi connectivity index (χ0v) is 12.7. The number of imidazole rings is 1. The average molecular weight is 300 g/mol. The molecule has 0 aliphatic carbocycles. The SMILES string of the molecule is CCOc1ccc(-n2c(=S)[nH]c3ccc(OC)cc32)cc1. The van der Waals surface area contributed by atoms with Gasteiger partial charge in [-0.15, -0.1) is 0 Å². The molecule has 0 spiro atoms. The second-order valence-corrected chi connectivity index (χ2v) is 4.96. The van der Waals surface area contributed by atoms with Crippen LogP contribution < -0.4 is 9.47 Å². The van der Waals surface area contributed by atoms with E-state index in [4.69, 9.17) is 21.7 Å². The number of aromatic nitrogens is 2. The molecule has 0 aliphatic heterocycles. The molecule has 1 N–H and O–H groups in total. The number of benzene rings is 2. The summed E-state index contributed by atoms with van der Waals surface area (Å²) in [6, 6.07) is 13.7. The topological polar surface area (TPSA) is 39.2 Å². The molecule has 0 saturated carbocycles. The molecule has 3 rings (SSSR count). The maximum Gasteiger partial charge on any atom is 0.182 e. The van der Waals surface area contributed by atoms with Gasteiger partial charge in [-0.05, 0) is 55.5 Å². The Hall–Kier alpha value is -2.27. The van der Waals surface area contributed by atoms with E-state index in [1.807, 2.05) is 54.0 Å². The minimum absolute atomic E-state index is 0.655. The van der Waals surface area contributed by atoms with Crippen LogP contribution in [0, 0.1) is 4.77 Å². The van der Waals surface area contributed by atoms with Crippen LogP contribution >= 0.6 is 12.2 Å². The first-order valence-electron chi connectivity index (χ1n) is 6.75. The Morgan fingerprint density at radius 1 is 1.10 bits per heavy atom. The normalized spacial score (nSPS) is 10.8. The zero-order chi connectivity index (χ0) is 14.8. The van der Waals surface area contributed by atoms with Gasteiger partial charge in [-0.2, -0.15) is 0 Å². The van der Waals surface area contributed by atoms with E-state index in [9.17, 15) is 0 Å². The molecule has 0 radical (unpaired) electrons. The van der Waals surface area contributed by atoms with Crippen LogP contribution in [-0.2, 0) is 0 Å². The van der Waals surface area contributed by atoms with Crippen molar-refractivity contribution in [2.24, 2.45) is 0 Å². The van der Waals surface area contributed by atoms with Gasteiger partial charge >= 0.3 is 0 Å². The molecule has 0 amide bonds. The van der Waals surface area contributed by atoms with Crippen LogP contribution in [0.2, 0.25) is 0 Å². The largest absolute Gasteiger partial charge is 0.497 e. The molecule has 1 heterocycles. The van der Waals surface area contributed by atoms with Crippen molar-refractivity contribution in [3.05, 3.63) is 47.2 Å². The lowest BCUT2D eigenvalue weighted by molar-refractivity contribution is 0.340. The third kappa shape index (κ3) is 2.52. The standard InChI is InChI=1S/C16H16N2O2S/c1-3-20-12-6-4-11(5-7-12)18-15-10-13(19-2)8-9-14(15)17-16(18)21/h4-10H,3H2,1-2H3,(H,17,21). The number of H-pyrrole nitrogens is 1. The molecule has 4 nitrogen and oxygen atoms in total. The van der Waals surface area contributed by atoms with Gasteiger partial charge in [0, 0.05) is 11.8 Å². The number of nitrogens with zero attached hydrogens (tertiary/aromatic N) is 1. The van der Waals surface area contributed by atoms with Crippen LogP contribution in [0.15, 0.2) is 42.5 Å². The predicted octanol–water partition coefficient (Wildman–Crippen LogP) is 4.10. The van der Waals surface area contributed by atoms with Crippen molar-refractivity contribution in [3.8, 4) is 17.2 Å². The van der Waals surface area contributed by atoms with E-state index in [1.54, 1.807) is 7.11 Å². The molecule has 0 unspecified atom stereocenters. The third-order valence-corrected chi connectivity index (χ3v) is 3.58. The summed E-state index contributed by atoms with van der Waals surface area (Å²) in [5.74, 6) is 1.65. The van der Waals surface area contributed by atoms with Gasteiger partial charge in [-0.3, -0.25) is 4.57 Å². The highest BCUT2D eigenvalue weighted by atomic mass is 32.1. The molecular formula is C16H16N2O2S. The number of fused-ring (bicyclic) bond motifs is 1. The van der Waals surface area contributed by atoms with E-state index in [2.05, 4.69) is 4.98 Å². The number of rotatable bonds is 4. The van der Waals surface area contributed by atoms with Crippen molar-refractivity contribution in [2.75, 3.05) is 13.7 Å². The van der Waals surface area contributed by atoms with E-state index in [0.717, 1.165) is 28.2 Å². The molecule has 0 saturated heterocycles. The minimum Gasteiger partial charge on any atom is -0.497 e. The molecule has 1 aromatic heterocycles. The van der Waals surface area contributed by atoms with Gasteiger partial charge in [0.2, 0.25) is 0 Å². The second-order valence-electron chi connectivity index (χ2n) is 4.58. The highest BCUT2D eigenvalue weighted by Crippen LogP contribution is 2.25. The number of hydrogen-bond acceptors (Lipinski definition) is 3. The Bertz CT molecular complexity index is 818. The third-order valence-electron chi connectivity index (χ3n) is 3.30. The fraction of sp³-hybridized carbons (Fsp3) is 0.188. The van der Waals surface area contributed by atoms with E-state index in [-0.39, 0.29) is 0 Å². The van der Waals surface area contributed by atoms with Gasteiger partial charge in [0.05, 0.1) is 24.8 Å². The first-order valence-corrected chi connectivity index (χ1v) is 7.15. The van der Waals surface area contributed by atoms with Gasteiger partial charge in [0.15, 0.2) is 4.77 Å². The molecule has 0 atom stereocenters. The lowest BCUT2D eigenvalue weighted by Crippen LogP contribution is -1.96. The van der Waals surface area contributed by atoms with Gasteiger partial charge < -0.3 is 14.5 Å². The van der Waals surface area contributed by atoms with Crippen molar-refractivity contribution in [1.29, 1.82) is 0 Å². The van der Waals surface area contributed by atoms with Crippen molar-refractivity contribution in [2.45, 2.75) is 6.92 Å². The quantitative estimate of drug-likeness (QED) is 0.737. The summed E-state index contributed by atoms with van der Waals surface area (Å²) in [5, 5.41) is 0. The molecular weight excluding hydrogens is 284 g/mol. The van der Waals surface area contributed by atoms with Crippen LogP contribution in [0.25, 0.3) is 16.7 Å². The number of methoxy groups -OCH3 is 1.